The summed E-state index contributed by atoms with van der Waals surface area (Å²) in [6, 6.07) is 6.20. The van der Waals surface area contributed by atoms with Crippen molar-refractivity contribution in [1.29, 1.82) is 0 Å². The van der Waals surface area contributed by atoms with Crippen LogP contribution in [0.25, 0.3) is 0 Å². The average Bonchev–Trinajstić information content (AvgIpc) is 2.26. The first-order chi connectivity index (χ1) is 7.19. The number of hydrogen-bond acceptors (Lipinski definition) is 2. The minimum absolute atomic E-state index is 0.0633. The molecular formula is C13H20O2. The first-order valence-electron chi connectivity index (χ1n) is 5.53. The summed E-state index contributed by atoms with van der Waals surface area (Å²) in [5.41, 5.74) is 2.49. The molecule has 15 heavy (non-hydrogen) atoms. The smallest absolute Gasteiger partial charge is 0.122 e. The lowest BCUT2D eigenvalue weighted by Gasteiger charge is -2.16. The van der Waals surface area contributed by atoms with Gasteiger partial charge in [-0.2, -0.15) is 0 Å². The van der Waals surface area contributed by atoms with E-state index in [4.69, 9.17) is 9.84 Å². The summed E-state index contributed by atoms with van der Waals surface area (Å²) in [6.07, 6.45) is 1.10. The van der Waals surface area contributed by atoms with Crippen molar-refractivity contribution in [3.63, 3.8) is 0 Å². The molecule has 1 unspecified atom stereocenters. The summed E-state index contributed by atoms with van der Waals surface area (Å²) in [5, 5.41) is 8.74. The van der Waals surface area contributed by atoms with Gasteiger partial charge in [-0.05, 0) is 30.9 Å². The molecule has 0 aliphatic carbocycles. The molecule has 1 aromatic rings. The number of hydrogen-bond donors (Lipinski definition) is 1. The van der Waals surface area contributed by atoms with E-state index in [-0.39, 0.29) is 6.61 Å². The molecule has 0 amide bonds. The van der Waals surface area contributed by atoms with Crippen LogP contribution in [-0.4, -0.2) is 18.3 Å². The Morgan fingerprint density at radius 1 is 1.40 bits per heavy atom. The fourth-order valence-corrected chi connectivity index (χ4v) is 1.56. The van der Waals surface area contributed by atoms with Crippen LogP contribution in [0.5, 0.6) is 5.75 Å². The molecule has 2 heteroatoms. The summed E-state index contributed by atoms with van der Waals surface area (Å²) in [4.78, 5) is 0. The van der Waals surface area contributed by atoms with Gasteiger partial charge >= 0.3 is 0 Å². The molecule has 0 saturated heterocycles. The molecule has 84 valence electrons. The Morgan fingerprint density at radius 2 is 2.13 bits per heavy atom. The van der Waals surface area contributed by atoms with Gasteiger partial charge in [-0.15, -0.1) is 0 Å². The molecule has 0 spiro atoms. The van der Waals surface area contributed by atoms with Gasteiger partial charge in [-0.1, -0.05) is 31.5 Å². The number of benzene rings is 1. The largest absolute Gasteiger partial charge is 0.491 e. The third-order valence-electron chi connectivity index (χ3n) is 2.66. The second-order valence-corrected chi connectivity index (χ2v) is 3.92. The van der Waals surface area contributed by atoms with Gasteiger partial charge in [-0.3, -0.25) is 0 Å². The lowest BCUT2D eigenvalue weighted by Crippen LogP contribution is -2.05. The molecule has 0 fully saturated rings. The molecule has 0 saturated carbocycles. The Balaban J connectivity index is 2.92. The third kappa shape index (κ3) is 3.24. The van der Waals surface area contributed by atoms with E-state index in [1.54, 1.807) is 0 Å². The van der Waals surface area contributed by atoms with E-state index in [1.165, 1.54) is 11.1 Å². The normalized spacial score (nSPS) is 12.5. The Morgan fingerprint density at radius 3 is 2.73 bits per heavy atom. The number of aryl methyl sites for hydroxylation is 1. The Labute approximate surface area is 91.9 Å². The van der Waals surface area contributed by atoms with Crippen molar-refractivity contribution in [1.82, 2.24) is 0 Å². The monoisotopic (exact) mass is 208 g/mol. The van der Waals surface area contributed by atoms with E-state index in [1.807, 2.05) is 12.1 Å². The van der Waals surface area contributed by atoms with Crippen molar-refractivity contribution < 1.29 is 9.84 Å². The summed E-state index contributed by atoms with van der Waals surface area (Å²) in [5.74, 6) is 1.41. The fourth-order valence-electron chi connectivity index (χ4n) is 1.56. The third-order valence-corrected chi connectivity index (χ3v) is 2.66. The first-order valence-corrected chi connectivity index (χ1v) is 5.53. The van der Waals surface area contributed by atoms with Gasteiger partial charge in [-0.25, -0.2) is 0 Å². The molecule has 0 bridgehead atoms. The van der Waals surface area contributed by atoms with Gasteiger partial charge in [0.05, 0.1) is 6.61 Å². The number of aliphatic hydroxyl groups excluding tert-OH is 1. The summed E-state index contributed by atoms with van der Waals surface area (Å²) in [6.45, 7) is 6.88. The standard InChI is InChI=1S/C13H20O2/c1-4-11(3)12-9-10(2)5-6-13(12)15-8-7-14/h5-6,9,11,14H,4,7-8H2,1-3H3. The van der Waals surface area contributed by atoms with E-state index in [0.717, 1.165) is 12.2 Å². The second-order valence-electron chi connectivity index (χ2n) is 3.92. The minimum atomic E-state index is 0.0633. The van der Waals surface area contributed by atoms with Crippen LogP contribution in [0.3, 0.4) is 0 Å². The number of aliphatic hydroxyl groups is 1. The highest BCUT2D eigenvalue weighted by Gasteiger charge is 2.10. The van der Waals surface area contributed by atoms with Crippen LogP contribution >= 0.6 is 0 Å². The van der Waals surface area contributed by atoms with E-state index >= 15 is 0 Å². The average molecular weight is 208 g/mol. The highest BCUT2D eigenvalue weighted by molar-refractivity contribution is 5.39. The summed E-state index contributed by atoms with van der Waals surface area (Å²) < 4.78 is 5.51. The Bertz CT molecular complexity index is 307. The van der Waals surface area contributed by atoms with Crippen LogP contribution in [0.1, 0.15) is 37.3 Å². The summed E-state index contributed by atoms with van der Waals surface area (Å²) >= 11 is 0. The van der Waals surface area contributed by atoms with Crippen molar-refractivity contribution in [2.75, 3.05) is 13.2 Å². The van der Waals surface area contributed by atoms with Crippen molar-refractivity contribution in [3.05, 3.63) is 29.3 Å². The maximum Gasteiger partial charge on any atom is 0.122 e. The molecule has 0 aromatic heterocycles. The van der Waals surface area contributed by atoms with E-state index < -0.39 is 0 Å². The van der Waals surface area contributed by atoms with Crippen molar-refractivity contribution in [3.8, 4) is 5.75 Å². The topological polar surface area (TPSA) is 29.5 Å². The van der Waals surface area contributed by atoms with Crippen molar-refractivity contribution >= 4 is 0 Å². The van der Waals surface area contributed by atoms with Gasteiger partial charge in [0.25, 0.3) is 0 Å². The van der Waals surface area contributed by atoms with Gasteiger partial charge in [0.15, 0.2) is 0 Å². The molecule has 1 atom stereocenters. The predicted molar refractivity (Wildman–Crippen MR) is 62.5 cm³/mol. The maximum absolute atomic E-state index is 8.74. The zero-order valence-corrected chi connectivity index (χ0v) is 9.79. The van der Waals surface area contributed by atoms with Crippen LogP contribution in [0.2, 0.25) is 0 Å². The molecule has 1 N–H and O–H groups in total. The lowest BCUT2D eigenvalue weighted by atomic mass is 9.96. The molecule has 0 radical (unpaired) electrons. The molecule has 1 rings (SSSR count). The maximum atomic E-state index is 8.74. The molecule has 1 aromatic carbocycles. The van der Waals surface area contributed by atoms with Gasteiger partial charge < -0.3 is 9.84 Å². The van der Waals surface area contributed by atoms with Crippen LogP contribution in [0.15, 0.2) is 18.2 Å². The Kier molecular flexibility index (Phi) is 4.63. The van der Waals surface area contributed by atoms with Crippen molar-refractivity contribution in [2.45, 2.75) is 33.1 Å². The quantitative estimate of drug-likeness (QED) is 0.806. The molecular weight excluding hydrogens is 188 g/mol. The van der Waals surface area contributed by atoms with E-state index in [9.17, 15) is 0 Å². The van der Waals surface area contributed by atoms with E-state index in [2.05, 4.69) is 26.8 Å². The SMILES string of the molecule is CCC(C)c1cc(C)ccc1OCCO. The van der Waals surface area contributed by atoms with Crippen LogP contribution in [0.4, 0.5) is 0 Å². The Hall–Kier alpha value is -1.02. The zero-order valence-electron chi connectivity index (χ0n) is 9.79. The molecule has 2 nitrogen and oxygen atoms in total. The van der Waals surface area contributed by atoms with Crippen LogP contribution in [-0.2, 0) is 0 Å². The number of rotatable bonds is 5. The fraction of sp³-hybridized carbons (Fsp3) is 0.538. The first kappa shape index (κ1) is 12.1. The van der Waals surface area contributed by atoms with E-state index in [0.29, 0.717) is 12.5 Å². The van der Waals surface area contributed by atoms with Gasteiger partial charge in [0.1, 0.15) is 12.4 Å². The predicted octanol–water partition coefficient (Wildman–Crippen LogP) is 2.88. The minimum Gasteiger partial charge on any atom is -0.491 e. The second kappa shape index (κ2) is 5.76. The van der Waals surface area contributed by atoms with Crippen molar-refractivity contribution in [2.24, 2.45) is 0 Å². The molecule has 0 aliphatic heterocycles. The lowest BCUT2D eigenvalue weighted by molar-refractivity contribution is 0.200. The number of ether oxygens (including phenoxy) is 1. The molecule has 0 aliphatic rings. The highest BCUT2D eigenvalue weighted by Crippen LogP contribution is 2.29. The highest BCUT2D eigenvalue weighted by atomic mass is 16.5. The summed E-state index contributed by atoms with van der Waals surface area (Å²) in [7, 11) is 0. The van der Waals surface area contributed by atoms with Gasteiger partial charge in [0, 0.05) is 0 Å². The van der Waals surface area contributed by atoms with Gasteiger partial charge in [0.2, 0.25) is 0 Å². The van der Waals surface area contributed by atoms with Crippen LogP contribution < -0.4 is 4.74 Å². The van der Waals surface area contributed by atoms with Crippen LogP contribution in [0, 0.1) is 6.92 Å². The zero-order chi connectivity index (χ0) is 11.3. The molecule has 0 heterocycles.